The van der Waals surface area contributed by atoms with Crippen molar-refractivity contribution in [1.82, 2.24) is 14.7 Å². The van der Waals surface area contributed by atoms with Crippen LogP contribution in [0.5, 0.6) is 0 Å². The van der Waals surface area contributed by atoms with Gasteiger partial charge in [0.2, 0.25) is 0 Å². The number of benzene rings is 1. The summed E-state index contributed by atoms with van der Waals surface area (Å²) in [5.41, 5.74) is 5.38. The van der Waals surface area contributed by atoms with E-state index in [9.17, 15) is 0 Å². The summed E-state index contributed by atoms with van der Waals surface area (Å²) < 4.78 is 1.96. The smallest absolute Gasteiger partial charge is 0.128 e. The summed E-state index contributed by atoms with van der Waals surface area (Å²) >= 11 is 0. The second-order valence-electron chi connectivity index (χ2n) is 7.55. The van der Waals surface area contributed by atoms with E-state index >= 15 is 0 Å². The Morgan fingerprint density at radius 2 is 1.92 bits per heavy atom. The molecular weight excluding hydrogens is 296 g/mol. The van der Waals surface area contributed by atoms with Crippen molar-refractivity contribution in [3.63, 3.8) is 0 Å². The number of hydrogen-bond donors (Lipinski definition) is 1. The summed E-state index contributed by atoms with van der Waals surface area (Å²) in [4.78, 5) is 2.58. The second kappa shape index (κ2) is 5.21. The molecule has 1 saturated heterocycles. The minimum Gasteiger partial charge on any atom is -0.343 e. The Bertz CT molecular complexity index is 777. The van der Waals surface area contributed by atoms with E-state index in [0.717, 1.165) is 18.1 Å². The second-order valence-corrected chi connectivity index (χ2v) is 7.55. The predicted molar refractivity (Wildman–Crippen MR) is 96.1 cm³/mol. The van der Waals surface area contributed by atoms with Gasteiger partial charge in [-0.05, 0) is 36.8 Å². The Morgan fingerprint density at radius 1 is 1.21 bits per heavy atom. The van der Waals surface area contributed by atoms with Crippen molar-refractivity contribution in [2.45, 2.75) is 43.7 Å². The van der Waals surface area contributed by atoms with Crippen LogP contribution in [-0.4, -0.2) is 33.3 Å². The maximum atomic E-state index is 4.63. The van der Waals surface area contributed by atoms with E-state index in [0.29, 0.717) is 18.0 Å². The summed E-state index contributed by atoms with van der Waals surface area (Å²) in [5, 5.41) is 8.14. The lowest BCUT2D eigenvalue weighted by molar-refractivity contribution is 0.393. The molecule has 2 aromatic rings. The van der Waals surface area contributed by atoms with E-state index in [-0.39, 0.29) is 0 Å². The molecule has 2 unspecified atom stereocenters. The van der Waals surface area contributed by atoms with E-state index in [1.165, 1.54) is 42.5 Å². The summed E-state index contributed by atoms with van der Waals surface area (Å²) in [6.45, 7) is 5.42. The Kier molecular flexibility index (Phi) is 3.10. The summed E-state index contributed by atoms with van der Waals surface area (Å²) in [5.74, 6) is 1.76. The van der Waals surface area contributed by atoms with Gasteiger partial charge in [-0.1, -0.05) is 30.8 Å². The lowest BCUT2D eigenvalue weighted by Gasteiger charge is -2.14. The van der Waals surface area contributed by atoms with Crippen LogP contribution in [0.2, 0.25) is 0 Å². The first-order valence-corrected chi connectivity index (χ1v) is 9.01. The molecule has 2 aliphatic carbocycles. The SMILES string of the molecule is C=C(Nc1cc(C2CC2)nn1C)C1CN1C1Cc2ccccc2C1. The van der Waals surface area contributed by atoms with Crippen molar-refractivity contribution in [3.8, 4) is 0 Å². The van der Waals surface area contributed by atoms with Crippen LogP contribution in [0.3, 0.4) is 0 Å². The van der Waals surface area contributed by atoms with E-state index in [1.54, 1.807) is 0 Å². The largest absolute Gasteiger partial charge is 0.343 e. The van der Waals surface area contributed by atoms with Gasteiger partial charge in [0.25, 0.3) is 0 Å². The topological polar surface area (TPSA) is 32.9 Å². The minimum absolute atomic E-state index is 0.462. The predicted octanol–water partition coefficient (Wildman–Crippen LogP) is 3.07. The molecule has 1 aromatic heterocycles. The van der Waals surface area contributed by atoms with Crippen LogP contribution in [0, 0.1) is 0 Å². The molecule has 3 aliphatic rings. The maximum Gasteiger partial charge on any atom is 0.128 e. The van der Waals surface area contributed by atoms with Gasteiger partial charge in [-0.3, -0.25) is 9.58 Å². The van der Waals surface area contributed by atoms with Crippen LogP contribution < -0.4 is 5.32 Å². The highest BCUT2D eigenvalue weighted by atomic mass is 15.4. The van der Waals surface area contributed by atoms with Crippen LogP contribution in [0.15, 0.2) is 42.6 Å². The third kappa shape index (κ3) is 2.46. The maximum absolute atomic E-state index is 4.63. The highest BCUT2D eigenvalue weighted by molar-refractivity contribution is 5.46. The number of aryl methyl sites for hydroxylation is 1. The summed E-state index contributed by atoms with van der Waals surface area (Å²) in [6.07, 6.45) is 4.93. The van der Waals surface area contributed by atoms with Gasteiger partial charge in [-0.2, -0.15) is 5.10 Å². The molecule has 5 rings (SSSR count). The van der Waals surface area contributed by atoms with Crippen molar-refractivity contribution >= 4 is 5.82 Å². The van der Waals surface area contributed by atoms with Gasteiger partial charge >= 0.3 is 0 Å². The molecule has 0 bridgehead atoms. The Labute approximate surface area is 143 Å². The van der Waals surface area contributed by atoms with Gasteiger partial charge in [-0.25, -0.2) is 0 Å². The Morgan fingerprint density at radius 3 is 2.58 bits per heavy atom. The average molecular weight is 320 g/mol. The molecule has 0 radical (unpaired) electrons. The molecular formula is C20H24N4. The number of fused-ring (bicyclic) bond motifs is 1. The van der Waals surface area contributed by atoms with Crippen molar-refractivity contribution in [1.29, 1.82) is 0 Å². The first kappa shape index (κ1) is 14.3. The molecule has 1 aliphatic heterocycles. The molecule has 0 amide bonds. The van der Waals surface area contributed by atoms with Crippen molar-refractivity contribution in [2.24, 2.45) is 7.05 Å². The van der Waals surface area contributed by atoms with Crippen molar-refractivity contribution in [2.75, 3.05) is 11.9 Å². The molecule has 1 saturated carbocycles. The van der Waals surface area contributed by atoms with Gasteiger partial charge in [0.05, 0.1) is 11.7 Å². The monoisotopic (exact) mass is 320 g/mol. The number of nitrogens with zero attached hydrogens (tertiary/aromatic N) is 3. The summed E-state index contributed by atoms with van der Waals surface area (Å²) in [7, 11) is 2.01. The third-order valence-electron chi connectivity index (χ3n) is 5.73. The number of nitrogens with one attached hydrogen (secondary N) is 1. The van der Waals surface area contributed by atoms with Gasteiger partial charge < -0.3 is 5.32 Å². The summed E-state index contributed by atoms with van der Waals surface area (Å²) in [6, 6.07) is 12.2. The molecule has 2 fully saturated rings. The van der Waals surface area contributed by atoms with Gasteiger partial charge in [-0.15, -0.1) is 0 Å². The molecule has 4 heteroatoms. The van der Waals surface area contributed by atoms with Gasteiger partial charge in [0, 0.05) is 37.3 Å². The fraction of sp³-hybridized carbons (Fsp3) is 0.450. The third-order valence-corrected chi connectivity index (χ3v) is 5.73. The van der Waals surface area contributed by atoms with Crippen molar-refractivity contribution < 1.29 is 0 Å². The molecule has 1 N–H and O–H groups in total. The van der Waals surface area contributed by atoms with E-state index in [1.807, 2.05) is 11.7 Å². The molecule has 24 heavy (non-hydrogen) atoms. The minimum atomic E-state index is 0.462. The first-order chi connectivity index (χ1) is 11.7. The van der Waals surface area contributed by atoms with Crippen LogP contribution in [0.25, 0.3) is 0 Å². The van der Waals surface area contributed by atoms with E-state index in [4.69, 9.17) is 0 Å². The van der Waals surface area contributed by atoms with Crippen LogP contribution in [0.1, 0.15) is 35.6 Å². The Hall–Kier alpha value is -2.07. The Balaban J connectivity index is 1.22. The number of rotatable bonds is 5. The quantitative estimate of drug-likeness (QED) is 0.860. The van der Waals surface area contributed by atoms with Gasteiger partial charge in [0.15, 0.2) is 0 Å². The van der Waals surface area contributed by atoms with E-state index in [2.05, 4.69) is 52.2 Å². The number of hydrogen-bond acceptors (Lipinski definition) is 3. The van der Waals surface area contributed by atoms with Crippen molar-refractivity contribution in [3.05, 3.63) is 59.4 Å². The standard InChI is InChI=1S/C20H24N4/c1-13(21-20-11-18(14-7-8-14)22-23(20)2)19-12-24(19)17-9-15-5-3-4-6-16(15)10-17/h3-6,11,14,17,19,21H,1,7-10,12H2,2H3. The molecule has 2 heterocycles. The fourth-order valence-electron chi connectivity index (χ4n) is 4.07. The van der Waals surface area contributed by atoms with Crippen LogP contribution >= 0.6 is 0 Å². The highest BCUT2D eigenvalue weighted by Gasteiger charge is 2.43. The fourth-order valence-corrected chi connectivity index (χ4v) is 4.07. The molecule has 124 valence electrons. The lowest BCUT2D eigenvalue weighted by atomic mass is 10.1. The zero-order valence-corrected chi connectivity index (χ0v) is 14.2. The van der Waals surface area contributed by atoms with Crippen LogP contribution in [0.4, 0.5) is 5.82 Å². The number of aromatic nitrogens is 2. The molecule has 1 aromatic carbocycles. The zero-order valence-electron chi connectivity index (χ0n) is 14.2. The van der Waals surface area contributed by atoms with E-state index < -0.39 is 0 Å². The van der Waals surface area contributed by atoms with Gasteiger partial charge in [0.1, 0.15) is 5.82 Å². The van der Waals surface area contributed by atoms with Crippen LogP contribution in [-0.2, 0) is 19.9 Å². The number of anilines is 1. The molecule has 2 atom stereocenters. The zero-order chi connectivity index (χ0) is 16.3. The average Bonchev–Trinajstić information content (AvgIpc) is 3.49. The lowest BCUT2D eigenvalue weighted by Crippen LogP contribution is -2.23. The molecule has 4 nitrogen and oxygen atoms in total. The first-order valence-electron chi connectivity index (χ1n) is 9.01. The normalized spacial score (nSPS) is 25.5. The molecule has 0 spiro atoms. The highest BCUT2D eigenvalue weighted by Crippen LogP contribution is 2.40.